The minimum absolute atomic E-state index is 1.23. The molecule has 0 saturated carbocycles. The fraction of sp³-hybridized carbons (Fsp3) is 0.500. The van der Waals surface area contributed by atoms with Gasteiger partial charge < -0.3 is 0 Å². The van der Waals surface area contributed by atoms with E-state index in [-0.39, 0.29) is 0 Å². The van der Waals surface area contributed by atoms with Crippen LogP contribution in [0.3, 0.4) is 0 Å². The van der Waals surface area contributed by atoms with Gasteiger partial charge in [-0.15, -0.1) is 0 Å². The van der Waals surface area contributed by atoms with Gasteiger partial charge in [0, 0.05) is 0 Å². The molecule has 0 aromatic carbocycles. The molecule has 1 aliphatic heterocycles. The van der Waals surface area contributed by atoms with E-state index in [1.165, 1.54) is 18.3 Å². The van der Waals surface area contributed by atoms with Gasteiger partial charge in [0.25, 0.3) is 0 Å². The first-order valence-electron chi connectivity index (χ1n) is 2.73. The normalized spacial score (nSPS) is 18.1. The zero-order chi connectivity index (χ0) is 5.11. The van der Waals surface area contributed by atoms with Gasteiger partial charge in [0.2, 0.25) is 0 Å². The van der Waals surface area contributed by atoms with E-state index in [0.29, 0.717) is 0 Å². The predicted octanol–water partition coefficient (Wildman–Crippen LogP) is 1.19. The minimum atomic E-state index is 1.23. The molecule has 0 amide bonds. The fourth-order valence-corrected chi connectivity index (χ4v) is 0.744. The zero-order valence-corrected chi connectivity index (χ0v) is 4.65. The van der Waals surface area contributed by atoms with E-state index in [9.17, 15) is 0 Å². The first-order valence-corrected chi connectivity index (χ1v) is 2.73. The molecule has 0 aromatic rings. The van der Waals surface area contributed by atoms with Gasteiger partial charge in [0.1, 0.15) is 0 Å². The monoisotopic (exact) mass is 92.1 g/mol. The van der Waals surface area contributed by atoms with Crippen LogP contribution in [-0.2, 0) is 0 Å². The average Bonchev–Trinajstić information content (AvgIpc) is 1.69. The summed E-state index contributed by atoms with van der Waals surface area (Å²) in [6.45, 7) is 4.30. The van der Waals surface area contributed by atoms with Gasteiger partial charge in [-0.3, -0.25) is 0 Å². The summed E-state index contributed by atoms with van der Waals surface area (Å²) >= 11 is 0. The quantitative estimate of drug-likeness (QED) is 0.393. The number of hydrogen-bond donors (Lipinski definition) is 0. The van der Waals surface area contributed by atoms with Crippen LogP contribution in [0, 0.1) is 0 Å². The molecular weight excluding hydrogens is 82.9 g/mol. The summed E-state index contributed by atoms with van der Waals surface area (Å²) < 4.78 is 0. The summed E-state index contributed by atoms with van der Waals surface area (Å²) in [5, 5.41) is 0. The third kappa shape index (κ3) is 1.30. The van der Waals surface area contributed by atoms with E-state index in [2.05, 4.69) is 25.9 Å². The van der Waals surface area contributed by atoms with Crippen LogP contribution >= 0.6 is 0 Å². The summed E-state index contributed by atoms with van der Waals surface area (Å²) in [6.07, 6.45) is 4.74. The molecular formula is C6H9B. The molecule has 0 aromatic heterocycles. The molecule has 1 heterocycles. The van der Waals surface area contributed by atoms with Gasteiger partial charge in [-0.2, -0.15) is 0 Å². The molecule has 7 heavy (non-hydrogen) atoms. The Morgan fingerprint density at radius 3 is 2.71 bits per heavy atom. The van der Waals surface area contributed by atoms with Crippen molar-refractivity contribution >= 4 is 12.9 Å². The second-order valence-corrected chi connectivity index (χ2v) is 1.93. The Kier molecular flexibility index (Phi) is 1.45. The number of rotatable bonds is 0. The summed E-state index contributed by atoms with van der Waals surface area (Å²) in [7, 11) is 0. The first kappa shape index (κ1) is 4.82. The van der Waals surface area contributed by atoms with Crippen LogP contribution in [0.4, 0.5) is 0 Å². The Balaban J connectivity index is 2.58. The van der Waals surface area contributed by atoms with Crippen LogP contribution in [0.1, 0.15) is 19.8 Å². The van der Waals surface area contributed by atoms with Crippen LogP contribution in [0.25, 0.3) is 0 Å². The van der Waals surface area contributed by atoms with Crippen LogP contribution < -0.4 is 0 Å². The molecule has 0 aliphatic carbocycles. The summed E-state index contributed by atoms with van der Waals surface area (Å²) in [5.41, 5.74) is 1.41. The van der Waals surface area contributed by atoms with Gasteiger partial charge in [-0.05, 0) is 0 Å². The predicted molar refractivity (Wildman–Crippen MR) is 34.8 cm³/mol. The van der Waals surface area contributed by atoms with Crippen molar-refractivity contribution in [2.24, 2.45) is 0 Å². The molecule has 0 fully saturated rings. The van der Waals surface area contributed by atoms with E-state index in [0.717, 1.165) is 0 Å². The van der Waals surface area contributed by atoms with Crippen LogP contribution in [-0.4, -0.2) is 12.9 Å². The third-order valence-electron chi connectivity index (χ3n) is 1.18. The van der Waals surface area contributed by atoms with Crippen molar-refractivity contribution in [2.45, 2.75) is 19.8 Å². The maximum atomic E-state index is 2.26. The fourth-order valence-electron chi connectivity index (χ4n) is 0.744. The van der Waals surface area contributed by atoms with E-state index >= 15 is 0 Å². The van der Waals surface area contributed by atoms with Crippen LogP contribution in [0.5, 0.6) is 0 Å². The molecule has 0 atom stereocenters. The Bertz CT molecular complexity index is 111. The second kappa shape index (κ2) is 2.11. The SMILES string of the molecule is CC1=CCCC=B1. The Morgan fingerprint density at radius 1 is 1.57 bits per heavy atom. The summed E-state index contributed by atoms with van der Waals surface area (Å²) in [5.74, 6) is 2.22. The molecule has 0 nitrogen and oxygen atoms in total. The van der Waals surface area contributed by atoms with Crippen molar-refractivity contribution in [2.75, 3.05) is 0 Å². The van der Waals surface area contributed by atoms with E-state index < -0.39 is 0 Å². The van der Waals surface area contributed by atoms with Gasteiger partial charge in [-0.1, -0.05) is 0 Å². The van der Waals surface area contributed by atoms with Crippen molar-refractivity contribution in [1.29, 1.82) is 0 Å². The van der Waals surface area contributed by atoms with E-state index in [1.54, 1.807) is 0 Å². The second-order valence-electron chi connectivity index (χ2n) is 1.93. The first-order chi connectivity index (χ1) is 3.39. The molecule has 1 heteroatoms. The Labute approximate surface area is 45.1 Å². The molecule has 0 N–H and O–H groups in total. The zero-order valence-electron chi connectivity index (χ0n) is 4.65. The van der Waals surface area contributed by atoms with Gasteiger partial charge in [0.15, 0.2) is 0 Å². The Morgan fingerprint density at radius 2 is 2.43 bits per heavy atom. The number of allylic oxidation sites excluding steroid dienone is 2. The summed E-state index contributed by atoms with van der Waals surface area (Å²) in [4.78, 5) is 0. The molecule has 0 radical (unpaired) electrons. The molecule has 0 bridgehead atoms. The molecule has 36 valence electrons. The van der Waals surface area contributed by atoms with Crippen LogP contribution in [0.2, 0.25) is 0 Å². The van der Waals surface area contributed by atoms with E-state index in [1.807, 2.05) is 0 Å². The van der Waals surface area contributed by atoms with Crippen molar-refractivity contribution in [3.05, 3.63) is 11.5 Å². The number of hydrogen-bond acceptors (Lipinski definition) is 0. The average molecular weight is 92.0 g/mol. The van der Waals surface area contributed by atoms with Crippen LogP contribution in [0.15, 0.2) is 11.5 Å². The standard InChI is InChI=1S/C6H9B/c1-6-4-2-3-5-7-6/h4-5H,2-3H2,1H3. The topological polar surface area (TPSA) is 0 Å². The molecule has 0 saturated heterocycles. The van der Waals surface area contributed by atoms with Crippen molar-refractivity contribution in [3.8, 4) is 0 Å². The third-order valence-corrected chi connectivity index (χ3v) is 1.18. The molecule has 1 aliphatic rings. The van der Waals surface area contributed by atoms with Gasteiger partial charge in [0.05, 0.1) is 0 Å². The summed E-state index contributed by atoms with van der Waals surface area (Å²) in [6, 6.07) is 0. The molecule has 1 rings (SSSR count). The van der Waals surface area contributed by atoms with Crippen molar-refractivity contribution in [1.82, 2.24) is 0 Å². The van der Waals surface area contributed by atoms with E-state index in [4.69, 9.17) is 0 Å². The molecule has 0 unspecified atom stereocenters. The van der Waals surface area contributed by atoms with Gasteiger partial charge in [-0.25, -0.2) is 0 Å². The molecule has 0 spiro atoms. The Hall–Kier alpha value is -0.325. The van der Waals surface area contributed by atoms with Crippen molar-refractivity contribution < 1.29 is 0 Å². The maximum absolute atomic E-state index is 2.26. The van der Waals surface area contributed by atoms with Crippen molar-refractivity contribution in [3.63, 3.8) is 0 Å². The van der Waals surface area contributed by atoms with Gasteiger partial charge >= 0.3 is 44.2 Å².